The highest BCUT2D eigenvalue weighted by atomic mass is 16.3. The van der Waals surface area contributed by atoms with Crippen molar-refractivity contribution in [2.75, 3.05) is 0 Å². The van der Waals surface area contributed by atoms with E-state index in [4.69, 9.17) is 0 Å². The average Bonchev–Trinajstić information content (AvgIpc) is 2.78. The SMILES string of the molecule is CC(C)(C)c1cc(Cn2c(=O)[nH]c(=O)n(Cc3cc(C(C)(C)C)c(O)c(C(C)(C)C)c3O)c2=O)cc(C(C)(C)C)c1O. The van der Waals surface area contributed by atoms with Crippen molar-refractivity contribution in [3.8, 4) is 17.2 Å². The number of aromatic hydroxyl groups is 3. The fourth-order valence-corrected chi connectivity index (χ4v) is 5.23. The van der Waals surface area contributed by atoms with Crippen molar-refractivity contribution in [2.24, 2.45) is 0 Å². The lowest BCUT2D eigenvalue weighted by atomic mass is 9.77. The second-order valence-electron chi connectivity index (χ2n) is 15.4. The van der Waals surface area contributed by atoms with Gasteiger partial charge in [-0.05, 0) is 56.5 Å². The minimum absolute atomic E-state index is 0.0286. The molecule has 1 heterocycles. The van der Waals surface area contributed by atoms with E-state index in [1.807, 2.05) is 83.1 Å². The quantitative estimate of drug-likeness (QED) is 0.338. The van der Waals surface area contributed by atoms with Crippen LogP contribution in [0.25, 0.3) is 0 Å². The molecule has 9 heteroatoms. The Labute approximate surface area is 247 Å². The van der Waals surface area contributed by atoms with Crippen LogP contribution in [0.15, 0.2) is 32.6 Å². The number of hydrogen-bond acceptors (Lipinski definition) is 6. The van der Waals surface area contributed by atoms with Crippen molar-refractivity contribution >= 4 is 0 Å². The smallest absolute Gasteiger partial charge is 0.336 e. The van der Waals surface area contributed by atoms with Gasteiger partial charge in [0.15, 0.2) is 0 Å². The Balaban J connectivity index is 2.26. The van der Waals surface area contributed by atoms with E-state index in [1.54, 1.807) is 18.2 Å². The number of phenols is 3. The van der Waals surface area contributed by atoms with E-state index >= 15 is 0 Å². The minimum Gasteiger partial charge on any atom is -0.507 e. The van der Waals surface area contributed by atoms with Crippen LogP contribution in [-0.4, -0.2) is 29.4 Å². The first kappa shape index (κ1) is 32.8. The molecule has 0 unspecified atom stereocenters. The summed E-state index contributed by atoms with van der Waals surface area (Å²) in [6, 6.07) is 5.16. The van der Waals surface area contributed by atoms with E-state index in [0.717, 1.165) is 9.13 Å². The Morgan fingerprint density at radius 2 is 0.976 bits per heavy atom. The van der Waals surface area contributed by atoms with Gasteiger partial charge in [-0.15, -0.1) is 0 Å². The molecular weight excluding hydrogens is 534 g/mol. The molecule has 0 aliphatic heterocycles. The van der Waals surface area contributed by atoms with Crippen LogP contribution in [0.3, 0.4) is 0 Å². The van der Waals surface area contributed by atoms with Crippen LogP contribution in [-0.2, 0) is 34.7 Å². The molecular formula is C33H47N3O6. The highest BCUT2D eigenvalue weighted by Gasteiger charge is 2.31. The summed E-state index contributed by atoms with van der Waals surface area (Å²) in [4.78, 5) is 41.9. The Morgan fingerprint density at radius 3 is 1.38 bits per heavy atom. The van der Waals surface area contributed by atoms with Crippen molar-refractivity contribution in [2.45, 2.75) is 118 Å². The summed E-state index contributed by atoms with van der Waals surface area (Å²) >= 11 is 0. The number of aromatic nitrogens is 3. The third-order valence-corrected chi connectivity index (χ3v) is 7.53. The lowest BCUT2D eigenvalue weighted by molar-refractivity contribution is 0.391. The molecule has 0 amide bonds. The second-order valence-corrected chi connectivity index (χ2v) is 15.4. The van der Waals surface area contributed by atoms with Crippen molar-refractivity contribution < 1.29 is 15.3 Å². The van der Waals surface area contributed by atoms with Gasteiger partial charge in [-0.1, -0.05) is 83.1 Å². The molecule has 3 rings (SSSR count). The summed E-state index contributed by atoms with van der Waals surface area (Å²) in [5.41, 5.74) is -1.44. The van der Waals surface area contributed by atoms with Gasteiger partial charge in [0.25, 0.3) is 0 Å². The molecule has 0 saturated carbocycles. The highest BCUT2D eigenvalue weighted by molar-refractivity contribution is 5.58. The third kappa shape index (κ3) is 6.35. The van der Waals surface area contributed by atoms with Crippen LogP contribution in [0.5, 0.6) is 17.2 Å². The number of hydrogen-bond donors (Lipinski definition) is 4. The van der Waals surface area contributed by atoms with Crippen LogP contribution in [0.1, 0.15) is 116 Å². The number of aromatic amines is 1. The van der Waals surface area contributed by atoms with Gasteiger partial charge in [-0.3, -0.25) is 4.98 Å². The lowest BCUT2D eigenvalue weighted by Gasteiger charge is -2.29. The number of rotatable bonds is 4. The standard InChI is InChI=1S/C33H47N3O6/c1-30(2,3)20-13-18(14-21(25(20)38)31(4,5)6)16-35-27(40)34-28(41)36(29(35)42)17-19-15-22(32(7,8)9)26(39)23(24(19)37)33(10,11)12/h13-15,37-39H,16-17H2,1-12H3,(H,34,40,41). The molecule has 9 nitrogen and oxygen atoms in total. The first-order valence-electron chi connectivity index (χ1n) is 14.2. The normalized spacial score (nSPS) is 13.0. The number of H-pyrrole nitrogens is 1. The van der Waals surface area contributed by atoms with Gasteiger partial charge in [-0.25, -0.2) is 23.5 Å². The maximum atomic E-state index is 13.7. The molecule has 0 radical (unpaired) electrons. The van der Waals surface area contributed by atoms with Crippen LogP contribution < -0.4 is 17.1 Å². The molecule has 0 fully saturated rings. The van der Waals surface area contributed by atoms with E-state index in [9.17, 15) is 29.7 Å². The number of nitrogens with one attached hydrogen (secondary N) is 1. The lowest BCUT2D eigenvalue weighted by Crippen LogP contribution is -2.49. The Kier molecular flexibility index (Phi) is 8.20. The summed E-state index contributed by atoms with van der Waals surface area (Å²) in [5, 5.41) is 33.4. The van der Waals surface area contributed by atoms with Gasteiger partial charge in [0.1, 0.15) is 17.2 Å². The summed E-state index contributed by atoms with van der Waals surface area (Å²) in [5.74, 6) is -0.0589. The van der Waals surface area contributed by atoms with Crippen LogP contribution >= 0.6 is 0 Å². The van der Waals surface area contributed by atoms with Gasteiger partial charge in [-0.2, -0.15) is 0 Å². The molecule has 2 aromatic carbocycles. The molecule has 1 aromatic heterocycles. The van der Waals surface area contributed by atoms with Crippen molar-refractivity contribution in [3.05, 3.63) is 83.0 Å². The Hall–Kier alpha value is -3.75. The van der Waals surface area contributed by atoms with Crippen molar-refractivity contribution in [1.82, 2.24) is 14.1 Å². The highest BCUT2D eigenvalue weighted by Crippen LogP contribution is 2.46. The van der Waals surface area contributed by atoms with E-state index in [1.165, 1.54) is 0 Å². The molecule has 0 spiro atoms. The van der Waals surface area contributed by atoms with E-state index in [-0.39, 0.29) is 35.9 Å². The molecule has 42 heavy (non-hydrogen) atoms. The average molecular weight is 582 g/mol. The van der Waals surface area contributed by atoms with Crippen molar-refractivity contribution in [1.29, 1.82) is 0 Å². The third-order valence-electron chi connectivity index (χ3n) is 7.53. The first-order chi connectivity index (χ1) is 18.9. The number of nitrogens with zero attached hydrogens (tertiary/aromatic N) is 2. The predicted octanol–water partition coefficient (Wildman–Crippen LogP) is 5.10. The summed E-state index contributed by atoms with van der Waals surface area (Å²) in [6.45, 7) is 22.7. The second kappa shape index (κ2) is 10.5. The molecule has 0 atom stereocenters. The summed E-state index contributed by atoms with van der Waals surface area (Å²) in [7, 11) is 0. The minimum atomic E-state index is -0.903. The maximum absolute atomic E-state index is 13.7. The fraction of sp³-hybridized carbons (Fsp3) is 0.545. The van der Waals surface area contributed by atoms with E-state index in [0.29, 0.717) is 27.8 Å². The zero-order chi connectivity index (χ0) is 32.3. The van der Waals surface area contributed by atoms with Gasteiger partial charge >= 0.3 is 17.1 Å². The van der Waals surface area contributed by atoms with Gasteiger partial charge < -0.3 is 15.3 Å². The number of benzene rings is 2. The fourth-order valence-electron chi connectivity index (χ4n) is 5.23. The topological polar surface area (TPSA) is 138 Å². The predicted molar refractivity (Wildman–Crippen MR) is 166 cm³/mol. The molecule has 0 saturated heterocycles. The van der Waals surface area contributed by atoms with Gasteiger partial charge in [0.05, 0.1) is 13.1 Å². The molecule has 230 valence electrons. The van der Waals surface area contributed by atoms with Gasteiger partial charge in [0, 0.05) is 16.7 Å². The summed E-state index contributed by atoms with van der Waals surface area (Å²) < 4.78 is 1.82. The van der Waals surface area contributed by atoms with Crippen molar-refractivity contribution in [3.63, 3.8) is 0 Å². The molecule has 0 aliphatic rings. The monoisotopic (exact) mass is 581 g/mol. The zero-order valence-corrected chi connectivity index (χ0v) is 27.1. The molecule has 4 N–H and O–H groups in total. The molecule has 3 aromatic rings. The van der Waals surface area contributed by atoms with Gasteiger partial charge in [0.2, 0.25) is 0 Å². The molecule has 0 aliphatic carbocycles. The molecule has 0 bridgehead atoms. The maximum Gasteiger partial charge on any atom is 0.336 e. The first-order valence-corrected chi connectivity index (χ1v) is 14.2. The zero-order valence-electron chi connectivity index (χ0n) is 27.1. The summed E-state index contributed by atoms with van der Waals surface area (Å²) in [6.07, 6.45) is 0. The number of phenolic OH excluding ortho intramolecular Hbond substituents is 3. The van der Waals surface area contributed by atoms with Crippen LogP contribution in [0, 0.1) is 0 Å². The largest absolute Gasteiger partial charge is 0.507 e. The van der Waals surface area contributed by atoms with Crippen LogP contribution in [0.4, 0.5) is 0 Å². The van der Waals surface area contributed by atoms with E-state index < -0.39 is 38.7 Å². The Bertz CT molecular complexity index is 1660. The Morgan fingerprint density at radius 1 is 0.571 bits per heavy atom. The van der Waals surface area contributed by atoms with Crippen LogP contribution in [0.2, 0.25) is 0 Å². The van der Waals surface area contributed by atoms with E-state index in [2.05, 4.69) is 4.98 Å².